The zero-order valence-electron chi connectivity index (χ0n) is 27.4. The van der Waals surface area contributed by atoms with Gasteiger partial charge in [0.05, 0.1) is 10.9 Å². The number of nitrogens with zero attached hydrogens (tertiary/aromatic N) is 8. The van der Waals surface area contributed by atoms with Gasteiger partial charge in [-0.3, -0.25) is 14.7 Å². The lowest BCUT2D eigenvalue weighted by Gasteiger charge is -2.40. The molecular weight excluding hydrogens is 647 g/mol. The quantitative estimate of drug-likeness (QED) is 0.173. The molecule has 3 saturated heterocycles. The highest BCUT2D eigenvalue weighted by Crippen LogP contribution is 2.40. The van der Waals surface area contributed by atoms with E-state index in [2.05, 4.69) is 25.0 Å². The lowest BCUT2D eigenvalue weighted by molar-refractivity contribution is -0.131. The van der Waals surface area contributed by atoms with E-state index in [0.717, 1.165) is 49.5 Å². The number of amides is 1. The summed E-state index contributed by atoms with van der Waals surface area (Å²) in [6, 6.07) is 11.4. The number of anilines is 1. The van der Waals surface area contributed by atoms with Crippen LogP contribution >= 0.6 is 11.6 Å². The predicted octanol–water partition coefficient (Wildman–Crippen LogP) is 5.94. The van der Waals surface area contributed by atoms with Crippen LogP contribution in [0.15, 0.2) is 53.2 Å². The molecule has 0 radical (unpaired) electrons. The number of benzene rings is 2. The maximum atomic E-state index is 16.7. The number of rotatable bonds is 9. The average molecular weight is 683 g/mol. The predicted molar refractivity (Wildman–Crippen MR) is 185 cm³/mol. The normalized spacial score (nSPS) is 17.7. The second-order valence-corrected chi connectivity index (χ2v) is 13.8. The minimum absolute atomic E-state index is 0.0231. The molecule has 3 fully saturated rings. The van der Waals surface area contributed by atoms with Crippen LogP contribution in [0.25, 0.3) is 39.0 Å². The van der Waals surface area contributed by atoms with Gasteiger partial charge in [0.2, 0.25) is 5.91 Å². The number of pyridine rings is 1. The van der Waals surface area contributed by atoms with Gasteiger partial charge >= 0.3 is 6.01 Å². The van der Waals surface area contributed by atoms with Crippen molar-refractivity contribution in [1.82, 2.24) is 34.9 Å². The summed E-state index contributed by atoms with van der Waals surface area (Å²) in [5.41, 5.74) is 0.870. The number of aryl methyl sites for hydroxylation is 1. The molecule has 2 aromatic carbocycles. The molecule has 0 aliphatic carbocycles. The van der Waals surface area contributed by atoms with Crippen LogP contribution in [0, 0.1) is 18.7 Å². The fourth-order valence-corrected chi connectivity index (χ4v) is 7.97. The van der Waals surface area contributed by atoms with Crippen molar-refractivity contribution in [3.63, 3.8) is 0 Å². The molecule has 3 aliphatic heterocycles. The van der Waals surface area contributed by atoms with Gasteiger partial charge in [-0.2, -0.15) is 15.0 Å². The smallest absolute Gasteiger partial charge is 0.319 e. The molecule has 252 valence electrons. The molecule has 13 heteroatoms. The molecule has 8 rings (SSSR count). The standard InChI is InChI=1S/C36H36ClFN8O3/c1-22-40-28(49-43-22)11-12-29(47)45-19-23(20-45)18-44(2)34-26-17-39-32(25-9-3-7-24-8-4-10-27(37)30(24)25)31(38)33(26)41-35(42-34)48-21-36-13-5-15-46(36)16-6-14-36/h3-4,7-12,17,23H,5-6,13-16,18-21H2,1-2H3/b12-11+. The zero-order valence-corrected chi connectivity index (χ0v) is 28.2. The minimum atomic E-state index is -0.558. The zero-order chi connectivity index (χ0) is 33.7. The Morgan fingerprint density at radius 2 is 1.92 bits per heavy atom. The van der Waals surface area contributed by atoms with Crippen LogP contribution in [-0.4, -0.2) is 92.7 Å². The van der Waals surface area contributed by atoms with Crippen LogP contribution in [0.2, 0.25) is 5.02 Å². The van der Waals surface area contributed by atoms with Crippen LogP contribution in [0.3, 0.4) is 0 Å². The van der Waals surface area contributed by atoms with Crippen molar-refractivity contribution in [1.29, 1.82) is 0 Å². The first-order valence-electron chi connectivity index (χ1n) is 16.7. The van der Waals surface area contributed by atoms with E-state index in [1.807, 2.05) is 42.3 Å². The molecule has 0 bridgehead atoms. The first kappa shape index (κ1) is 31.6. The summed E-state index contributed by atoms with van der Waals surface area (Å²) in [6.45, 7) is 6.04. The number of likely N-dealkylation sites (tertiary alicyclic amines) is 1. The van der Waals surface area contributed by atoms with Gasteiger partial charge in [0.1, 0.15) is 23.6 Å². The Hall–Kier alpha value is -4.68. The SMILES string of the molecule is Cc1noc(/C=C/C(=O)N2CC(CN(C)c3nc(OCC45CCCN4CCC5)nc4c(F)c(-c5cccc6cccc(Cl)c56)ncc34)C2)n1. The molecule has 5 aromatic rings. The lowest BCUT2D eigenvalue weighted by Crippen LogP contribution is -2.53. The molecule has 49 heavy (non-hydrogen) atoms. The van der Waals surface area contributed by atoms with Gasteiger partial charge in [-0.25, -0.2) is 4.39 Å². The molecule has 0 unspecified atom stereocenters. The van der Waals surface area contributed by atoms with E-state index in [9.17, 15) is 4.79 Å². The summed E-state index contributed by atoms with van der Waals surface area (Å²) in [7, 11) is 1.92. The Kier molecular flexibility index (Phi) is 8.15. The lowest BCUT2D eigenvalue weighted by atomic mass is 9.95. The molecule has 3 aliphatic rings. The van der Waals surface area contributed by atoms with Crippen LogP contribution in [-0.2, 0) is 4.79 Å². The Morgan fingerprint density at radius 1 is 1.14 bits per heavy atom. The van der Waals surface area contributed by atoms with Crippen molar-refractivity contribution in [2.75, 3.05) is 51.3 Å². The van der Waals surface area contributed by atoms with Gasteiger partial charge in [0, 0.05) is 66.9 Å². The number of hydrogen-bond acceptors (Lipinski definition) is 10. The van der Waals surface area contributed by atoms with E-state index in [-0.39, 0.29) is 40.5 Å². The van der Waals surface area contributed by atoms with Crippen molar-refractivity contribution in [2.45, 2.75) is 38.1 Å². The van der Waals surface area contributed by atoms with Gasteiger partial charge in [-0.15, -0.1) is 0 Å². The third kappa shape index (κ3) is 5.86. The molecule has 3 aromatic heterocycles. The topological polar surface area (TPSA) is 114 Å². The molecular formula is C36H36ClFN8O3. The summed E-state index contributed by atoms with van der Waals surface area (Å²) in [5, 5.41) is 6.36. The molecule has 0 atom stereocenters. The Bertz CT molecular complexity index is 2080. The number of carbonyl (C=O) groups is 1. The van der Waals surface area contributed by atoms with Crippen molar-refractivity contribution >= 4 is 51.1 Å². The summed E-state index contributed by atoms with van der Waals surface area (Å²) < 4.78 is 28.1. The number of aromatic nitrogens is 5. The average Bonchev–Trinajstić information content (AvgIpc) is 3.80. The van der Waals surface area contributed by atoms with Crippen molar-refractivity contribution in [3.05, 3.63) is 71.2 Å². The maximum absolute atomic E-state index is 16.7. The van der Waals surface area contributed by atoms with Crippen molar-refractivity contribution < 1.29 is 18.4 Å². The Labute approximate surface area is 287 Å². The summed E-state index contributed by atoms with van der Waals surface area (Å²) >= 11 is 6.62. The molecule has 0 N–H and O–H groups in total. The number of hydrogen-bond donors (Lipinski definition) is 0. The number of ether oxygens (including phenoxy) is 1. The second kappa shape index (κ2) is 12.6. The maximum Gasteiger partial charge on any atom is 0.319 e. The van der Waals surface area contributed by atoms with E-state index >= 15 is 4.39 Å². The van der Waals surface area contributed by atoms with E-state index in [0.29, 0.717) is 53.9 Å². The van der Waals surface area contributed by atoms with E-state index in [4.69, 9.17) is 25.8 Å². The Balaban J connectivity index is 1.09. The summed E-state index contributed by atoms with van der Waals surface area (Å²) in [5.74, 6) is 0.818. The fraction of sp³-hybridized carbons (Fsp3) is 0.389. The van der Waals surface area contributed by atoms with E-state index in [1.54, 1.807) is 24.1 Å². The van der Waals surface area contributed by atoms with Crippen LogP contribution < -0.4 is 9.64 Å². The van der Waals surface area contributed by atoms with Crippen LogP contribution in [0.4, 0.5) is 10.2 Å². The Morgan fingerprint density at radius 3 is 2.67 bits per heavy atom. The van der Waals surface area contributed by atoms with Crippen molar-refractivity contribution in [2.24, 2.45) is 5.92 Å². The van der Waals surface area contributed by atoms with Gasteiger partial charge in [-0.1, -0.05) is 47.1 Å². The largest absolute Gasteiger partial charge is 0.461 e. The first-order chi connectivity index (χ1) is 23.8. The van der Waals surface area contributed by atoms with Gasteiger partial charge in [0.25, 0.3) is 5.89 Å². The van der Waals surface area contributed by atoms with Crippen LogP contribution in [0.5, 0.6) is 6.01 Å². The highest BCUT2D eigenvalue weighted by molar-refractivity contribution is 6.36. The summed E-state index contributed by atoms with van der Waals surface area (Å²) in [6.07, 6.45) is 9.01. The van der Waals surface area contributed by atoms with Gasteiger partial charge < -0.3 is 19.1 Å². The molecule has 0 saturated carbocycles. The van der Waals surface area contributed by atoms with E-state index < -0.39 is 5.82 Å². The molecule has 0 spiro atoms. The van der Waals surface area contributed by atoms with Crippen molar-refractivity contribution in [3.8, 4) is 17.3 Å². The monoisotopic (exact) mass is 682 g/mol. The summed E-state index contributed by atoms with van der Waals surface area (Å²) in [4.78, 5) is 37.2. The minimum Gasteiger partial charge on any atom is -0.461 e. The van der Waals surface area contributed by atoms with E-state index in [1.165, 1.54) is 12.2 Å². The second-order valence-electron chi connectivity index (χ2n) is 13.4. The number of halogens is 2. The first-order valence-corrected chi connectivity index (χ1v) is 17.1. The highest BCUT2D eigenvalue weighted by Gasteiger charge is 2.45. The number of fused-ring (bicyclic) bond motifs is 3. The van der Waals surface area contributed by atoms with Gasteiger partial charge in [0.15, 0.2) is 11.6 Å². The third-order valence-corrected chi connectivity index (χ3v) is 10.4. The highest BCUT2D eigenvalue weighted by atomic mass is 35.5. The van der Waals surface area contributed by atoms with Gasteiger partial charge in [-0.05, 0) is 57.1 Å². The molecule has 6 heterocycles. The molecule has 11 nitrogen and oxygen atoms in total. The molecule has 1 amide bonds. The fourth-order valence-electron chi connectivity index (χ4n) is 7.69. The number of carbonyl (C=O) groups excluding carboxylic acids is 1. The third-order valence-electron chi connectivity index (χ3n) is 10.1. The van der Waals surface area contributed by atoms with Crippen LogP contribution in [0.1, 0.15) is 37.4 Å².